The zero-order chi connectivity index (χ0) is 11.1. The van der Waals surface area contributed by atoms with Crippen molar-refractivity contribution in [3.05, 3.63) is 0 Å². The van der Waals surface area contributed by atoms with E-state index in [1.54, 1.807) is 0 Å². The largest absolute Gasteiger partial charge is 0.393 e. The number of aliphatic hydroxyl groups is 1. The third-order valence-electron chi connectivity index (χ3n) is 2.77. The molecule has 84 valence electrons. The van der Waals surface area contributed by atoms with Gasteiger partial charge in [-0.05, 0) is 18.8 Å². The van der Waals surface area contributed by atoms with Crippen LogP contribution in [0, 0.1) is 11.8 Å². The van der Waals surface area contributed by atoms with Gasteiger partial charge in [-0.3, -0.25) is 4.79 Å². The number of rotatable bonds is 7. The molecule has 0 saturated heterocycles. The van der Waals surface area contributed by atoms with Crippen LogP contribution in [0.3, 0.4) is 0 Å². The highest BCUT2D eigenvalue weighted by Crippen LogP contribution is 2.14. The van der Waals surface area contributed by atoms with Crippen molar-refractivity contribution >= 4 is 5.78 Å². The van der Waals surface area contributed by atoms with E-state index in [1.807, 2.05) is 13.8 Å². The van der Waals surface area contributed by atoms with E-state index in [0.29, 0.717) is 12.3 Å². The lowest BCUT2D eigenvalue weighted by Gasteiger charge is -2.13. The molecule has 0 aromatic heterocycles. The fraction of sp³-hybridized carbons (Fsp3) is 0.917. The molecule has 0 aliphatic carbocycles. The van der Waals surface area contributed by atoms with E-state index in [2.05, 4.69) is 13.8 Å². The second-order valence-electron chi connectivity index (χ2n) is 4.57. The van der Waals surface area contributed by atoms with Crippen LogP contribution in [0.4, 0.5) is 0 Å². The molecule has 2 atom stereocenters. The highest BCUT2D eigenvalue weighted by atomic mass is 16.3. The average Bonchev–Trinajstić information content (AvgIpc) is 2.13. The van der Waals surface area contributed by atoms with Crippen molar-refractivity contribution in [3.8, 4) is 0 Å². The number of carbonyl (C=O) groups excluding carboxylic acids is 1. The minimum Gasteiger partial charge on any atom is -0.393 e. The van der Waals surface area contributed by atoms with Crippen molar-refractivity contribution in [2.75, 3.05) is 0 Å². The first-order valence-electron chi connectivity index (χ1n) is 5.68. The van der Waals surface area contributed by atoms with Gasteiger partial charge in [-0.1, -0.05) is 34.1 Å². The monoisotopic (exact) mass is 200 g/mol. The fourth-order valence-corrected chi connectivity index (χ4v) is 1.25. The van der Waals surface area contributed by atoms with Gasteiger partial charge in [0.15, 0.2) is 0 Å². The molecule has 0 radical (unpaired) electrons. The number of Topliss-reactive ketones (excluding diaryl/α,β-unsaturated/α-hetero) is 1. The van der Waals surface area contributed by atoms with Gasteiger partial charge in [0.1, 0.15) is 5.78 Å². The van der Waals surface area contributed by atoms with Crippen molar-refractivity contribution in [2.45, 2.75) is 59.5 Å². The standard InChI is InChI=1S/C12H24O2/c1-5-10(4)6-7-11(13)8-12(14)9(2)3/h9-11,13H,5-8H2,1-4H3/t10-,11+/m0/s1. The predicted molar refractivity (Wildman–Crippen MR) is 59.2 cm³/mol. The van der Waals surface area contributed by atoms with Crippen LogP contribution in [0.2, 0.25) is 0 Å². The zero-order valence-electron chi connectivity index (χ0n) is 9.92. The molecule has 0 spiro atoms. The highest BCUT2D eigenvalue weighted by molar-refractivity contribution is 5.80. The van der Waals surface area contributed by atoms with E-state index >= 15 is 0 Å². The first-order chi connectivity index (χ1) is 6.47. The molecule has 0 aliphatic rings. The zero-order valence-corrected chi connectivity index (χ0v) is 9.92. The number of ketones is 1. The summed E-state index contributed by atoms with van der Waals surface area (Å²) in [6, 6.07) is 0. The quantitative estimate of drug-likeness (QED) is 0.686. The normalized spacial score (nSPS) is 15.6. The number of hydrogen-bond acceptors (Lipinski definition) is 2. The van der Waals surface area contributed by atoms with Gasteiger partial charge in [0.05, 0.1) is 6.10 Å². The van der Waals surface area contributed by atoms with Crippen molar-refractivity contribution in [2.24, 2.45) is 11.8 Å². The molecule has 2 heteroatoms. The Morgan fingerprint density at radius 3 is 2.21 bits per heavy atom. The van der Waals surface area contributed by atoms with Gasteiger partial charge in [0.25, 0.3) is 0 Å². The maximum atomic E-state index is 11.3. The Morgan fingerprint density at radius 1 is 1.21 bits per heavy atom. The second-order valence-corrected chi connectivity index (χ2v) is 4.57. The van der Waals surface area contributed by atoms with Gasteiger partial charge in [-0.25, -0.2) is 0 Å². The lowest BCUT2D eigenvalue weighted by atomic mass is 9.96. The van der Waals surface area contributed by atoms with E-state index in [-0.39, 0.29) is 11.7 Å². The summed E-state index contributed by atoms with van der Waals surface area (Å²) in [5.41, 5.74) is 0. The average molecular weight is 200 g/mol. The molecule has 0 rings (SSSR count). The molecule has 14 heavy (non-hydrogen) atoms. The Kier molecular flexibility index (Phi) is 6.81. The van der Waals surface area contributed by atoms with Crippen molar-refractivity contribution < 1.29 is 9.90 Å². The molecule has 0 fully saturated rings. The highest BCUT2D eigenvalue weighted by Gasteiger charge is 2.14. The molecule has 0 aliphatic heterocycles. The van der Waals surface area contributed by atoms with Gasteiger partial charge in [0, 0.05) is 12.3 Å². The summed E-state index contributed by atoms with van der Waals surface area (Å²) in [6.45, 7) is 8.08. The minimum atomic E-state index is -0.432. The molecule has 0 amide bonds. The summed E-state index contributed by atoms with van der Waals surface area (Å²) >= 11 is 0. The molecular weight excluding hydrogens is 176 g/mol. The molecule has 0 bridgehead atoms. The van der Waals surface area contributed by atoms with Crippen LogP contribution in [0.1, 0.15) is 53.4 Å². The van der Waals surface area contributed by atoms with E-state index in [1.165, 1.54) is 0 Å². The van der Waals surface area contributed by atoms with Gasteiger partial charge in [-0.2, -0.15) is 0 Å². The van der Waals surface area contributed by atoms with Crippen LogP contribution in [0.25, 0.3) is 0 Å². The van der Waals surface area contributed by atoms with Crippen molar-refractivity contribution in [1.29, 1.82) is 0 Å². The topological polar surface area (TPSA) is 37.3 Å². The van der Waals surface area contributed by atoms with Crippen LogP contribution in [0.5, 0.6) is 0 Å². The molecule has 0 aromatic carbocycles. The van der Waals surface area contributed by atoms with E-state index in [4.69, 9.17) is 0 Å². The molecule has 0 aromatic rings. The Bertz CT molecular complexity index is 164. The van der Waals surface area contributed by atoms with Gasteiger partial charge < -0.3 is 5.11 Å². The maximum Gasteiger partial charge on any atom is 0.137 e. The molecule has 0 saturated carbocycles. The maximum absolute atomic E-state index is 11.3. The predicted octanol–water partition coefficient (Wildman–Crippen LogP) is 2.79. The number of carbonyl (C=O) groups is 1. The molecular formula is C12H24O2. The SMILES string of the molecule is CC[C@H](C)CC[C@@H](O)CC(=O)C(C)C. The summed E-state index contributed by atoms with van der Waals surface area (Å²) in [5, 5.41) is 9.59. The van der Waals surface area contributed by atoms with Crippen molar-refractivity contribution in [3.63, 3.8) is 0 Å². The summed E-state index contributed by atoms with van der Waals surface area (Å²) in [7, 11) is 0. The summed E-state index contributed by atoms with van der Waals surface area (Å²) in [6.07, 6.45) is 2.81. The lowest BCUT2D eigenvalue weighted by Crippen LogP contribution is -2.17. The third-order valence-corrected chi connectivity index (χ3v) is 2.77. The van der Waals surface area contributed by atoms with E-state index in [9.17, 15) is 9.90 Å². The van der Waals surface area contributed by atoms with Gasteiger partial charge >= 0.3 is 0 Å². The van der Waals surface area contributed by atoms with Crippen LogP contribution < -0.4 is 0 Å². The summed E-state index contributed by atoms with van der Waals surface area (Å²) in [4.78, 5) is 11.3. The number of aliphatic hydroxyl groups excluding tert-OH is 1. The molecule has 2 nitrogen and oxygen atoms in total. The molecule has 0 heterocycles. The Balaban J connectivity index is 3.65. The van der Waals surface area contributed by atoms with E-state index in [0.717, 1.165) is 19.3 Å². The Hall–Kier alpha value is -0.370. The van der Waals surface area contributed by atoms with Crippen LogP contribution in [-0.4, -0.2) is 17.0 Å². The first kappa shape index (κ1) is 13.6. The third kappa shape index (κ3) is 6.14. The van der Waals surface area contributed by atoms with Crippen LogP contribution in [-0.2, 0) is 4.79 Å². The minimum absolute atomic E-state index is 0.0493. The van der Waals surface area contributed by atoms with Crippen LogP contribution in [0.15, 0.2) is 0 Å². The van der Waals surface area contributed by atoms with Gasteiger partial charge in [-0.15, -0.1) is 0 Å². The van der Waals surface area contributed by atoms with Crippen LogP contribution >= 0.6 is 0 Å². The molecule has 0 unspecified atom stereocenters. The lowest BCUT2D eigenvalue weighted by molar-refractivity contribution is -0.123. The number of hydrogen-bond donors (Lipinski definition) is 1. The first-order valence-corrected chi connectivity index (χ1v) is 5.68. The summed E-state index contributed by atoms with van der Waals surface area (Å²) < 4.78 is 0. The summed E-state index contributed by atoms with van der Waals surface area (Å²) in [5.74, 6) is 0.869. The van der Waals surface area contributed by atoms with Crippen molar-refractivity contribution in [1.82, 2.24) is 0 Å². The van der Waals surface area contributed by atoms with Gasteiger partial charge in [0.2, 0.25) is 0 Å². The Labute approximate surface area is 87.7 Å². The molecule has 1 N–H and O–H groups in total. The second kappa shape index (κ2) is 6.99. The fourth-order valence-electron chi connectivity index (χ4n) is 1.25. The van der Waals surface area contributed by atoms with E-state index < -0.39 is 6.10 Å². The Morgan fingerprint density at radius 2 is 1.79 bits per heavy atom. The smallest absolute Gasteiger partial charge is 0.137 e.